The third kappa shape index (κ3) is 2.47. The van der Waals surface area contributed by atoms with Gasteiger partial charge in [-0.15, -0.1) is 0 Å². The fourth-order valence-corrected chi connectivity index (χ4v) is 2.54. The first-order chi connectivity index (χ1) is 9.38. The summed E-state index contributed by atoms with van der Waals surface area (Å²) in [5.74, 6) is 1.06. The normalized spacial score (nSPS) is 13.6. The number of pyridine rings is 1. The van der Waals surface area contributed by atoms with Crippen LogP contribution in [-0.2, 0) is 13.0 Å². The number of benzene rings is 1. The summed E-state index contributed by atoms with van der Waals surface area (Å²) < 4.78 is 0. The van der Waals surface area contributed by atoms with Crippen LogP contribution >= 0.6 is 0 Å². The molecule has 98 valence electrons. The van der Waals surface area contributed by atoms with Gasteiger partial charge < -0.3 is 10.2 Å². The Morgan fingerprint density at radius 1 is 1.16 bits per heavy atom. The van der Waals surface area contributed by atoms with Crippen LogP contribution in [0.4, 0.5) is 11.5 Å². The maximum Gasteiger partial charge on any atom is 0.133 e. The van der Waals surface area contributed by atoms with E-state index in [9.17, 15) is 0 Å². The van der Waals surface area contributed by atoms with Crippen LogP contribution in [0.1, 0.15) is 18.2 Å². The molecule has 0 unspecified atom stereocenters. The third-order valence-electron chi connectivity index (χ3n) is 3.51. The van der Waals surface area contributed by atoms with Gasteiger partial charge in [-0.1, -0.05) is 31.2 Å². The van der Waals surface area contributed by atoms with Gasteiger partial charge in [0, 0.05) is 18.8 Å². The average Bonchev–Trinajstić information content (AvgIpc) is 2.89. The Morgan fingerprint density at radius 3 is 2.95 bits per heavy atom. The molecule has 0 bridgehead atoms. The minimum atomic E-state index is 0.833. The van der Waals surface area contributed by atoms with Gasteiger partial charge in [0.2, 0.25) is 0 Å². The van der Waals surface area contributed by atoms with Crippen molar-refractivity contribution in [2.45, 2.75) is 19.9 Å². The highest BCUT2D eigenvalue weighted by Gasteiger charge is 2.20. The molecule has 0 aliphatic carbocycles. The molecule has 3 rings (SSSR count). The summed E-state index contributed by atoms with van der Waals surface area (Å²) in [6, 6.07) is 14.9. The fraction of sp³-hybridized carbons (Fsp3) is 0.312. The molecule has 0 amide bonds. The summed E-state index contributed by atoms with van der Waals surface area (Å²) in [6.07, 6.45) is 1.11. The number of nitrogens with zero attached hydrogens (tertiary/aromatic N) is 2. The lowest BCUT2D eigenvalue weighted by molar-refractivity contribution is 0.710. The van der Waals surface area contributed by atoms with Gasteiger partial charge in [0.25, 0.3) is 0 Å². The largest absolute Gasteiger partial charge is 0.326 e. The van der Waals surface area contributed by atoms with Crippen LogP contribution in [0.2, 0.25) is 0 Å². The lowest BCUT2D eigenvalue weighted by atomic mass is 10.2. The lowest BCUT2D eigenvalue weighted by Crippen LogP contribution is -2.17. The minimum Gasteiger partial charge on any atom is -0.326 e. The number of fused-ring (bicyclic) bond motifs is 1. The number of hydrogen-bond acceptors (Lipinski definition) is 3. The standard InChI is InChI=1S/C16H19N3/c1-2-17-12-14-7-5-9-16(18-14)19-11-10-13-6-3-4-8-15(13)19/h3-9,17H,2,10-12H2,1H3. The predicted molar refractivity (Wildman–Crippen MR) is 78.8 cm³/mol. The first-order valence-corrected chi connectivity index (χ1v) is 6.90. The molecule has 2 aromatic rings. The van der Waals surface area contributed by atoms with Crippen LogP contribution in [0.15, 0.2) is 42.5 Å². The molecule has 1 N–H and O–H groups in total. The molecule has 3 nitrogen and oxygen atoms in total. The number of hydrogen-bond donors (Lipinski definition) is 1. The van der Waals surface area contributed by atoms with Gasteiger partial charge in [0.1, 0.15) is 5.82 Å². The molecule has 19 heavy (non-hydrogen) atoms. The summed E-state index contributed by atoms with van der Waals surface area (Å²) in [5, 5.41) is 3.32. The van der Waals surface area contributed by atoms with Crippen LogP contribution in [0.25, 0.3) is 0 Å². The van der Waals surface area contributed by atoms with Gasteiger partial charge in [-0.2, -0.15) is 0 Å². The minimum absolute atomic E-state index is 0.833. The molecule has 3 heteroatoms. The predicted octanol–water partition coefficient (Wildman–Crippen LogP) is 2.89. The Balaban J connectivity index is 1.87. The maximum atomic E-state index is 4.75. The van der Waals surface area contributed by atoms with E-state index in [1.165, 1.54) is 11.3 Å². The lowest BCUT2D eigenvalue weighted by Gasteiger charge is -2.19. The third-order valence-corrected chi connectivity index (χ3v) is 3.51. The smallest absolute Gasteiger partial charge is 0.133 e. The van der Waals surface area contributed by atoms with Crippen LogP contribution in [-0.4, -0.2) is 18.1 Å². The quantitative estimate of drug-likeness (QED) is 0.908. The summed E-state index contributed by atoms with van der Waals surface area (Å²) in [6.45, 7) is 4.94. The van der Waals surface area contributed by atoms with Crippen molar-refractivity contribution in [3.8, 4) is 0 Å². The zero-order valence-corrected chi connectivity index (χ0v) is 11.3. The summed E-state index contributed by atoms with van der Waals surface area (Å²) in [7, 11) is 0. The van der Waals surface area contributed by atoms with Crippen LogP contribution in [0.5, 0.6) is 0 Å². The fourth-order valence-electron chi connectivity index (χ4n) is 2.54. The van der Waals surface area contributed by atoms with Crippen molar-refractivity contribution < 1.29 is 0 Å². The van der Waals surface area contributed by atoms with E-state index >= 15 is 0 Å². The second-order valence-corrected chi connectivity index (χ2v) is 4.80. The molecule has 0 spiro atoms. The number of aromatic nitrogens is 1. The van der Waals surface area contributed by atoms with E-state index in [0.717, 1.165) is 37.6 Å². The summed E-state index contributed by atoms with van der Waals surface area (Å²) in [4.78, 5) is 7.06. The molecule has 1 aromatic carbocycles. The van der Waals surface area contributed by atoms with E-state index in [4.69, 9.17) is 4.98 Å². The van der Waals surface area contributed by atoms with E-state index in [0.29, 0.717) is 0 Å². The van der Waals surface area contributed by atoms with Crippen molar-refractivity contribution >= 4 is 11.5 Å². The molecular weight excluding hydrogens is 234 g/mol. The highest BCUT2D eigenvalue weighted by atomic mass is 15.2. The number of nitrogens with one attached hydrogen (secondary N) is 1. The average molecular weight is 253 g/mol. The van der Waals surface area contributed by atoms with Crippen molar-refractivity contribution in [2.24, 2.45) is 0 Å². The van der Waals surface area contributed by atoms with E-state index in [1.54, 1.807) is 0 Å². The molecule has 0 radical (unpaired) electrons. The summed E-state index contributed by atoms with van der Waals surface area (Å²) >= 11 is 0. The Kier molecular flexibility index (Phi) is 3.47. The molecule has 0 saturated heterocycles. The van der Waals surface area contributed by atoms with Gasteiger partial charge in [0.05, 0.1) is 5.69 Å². The number of para-hydroxylation sites is 1. The van der Waals surface area contributed by atoms with Gasteiger partial charge in [-0.25, -0.2) is 4.98 Å². The Hall–Kier alpha value is -1.87. The van der Waals surface area contributed by atoms with Crippen molar-refractivity contribution in [3.63, 3.8) is 0 Å². The second-order valence-electron chi connectivity index (χ2n) is 4.80. The molecule has 0 atom stereocenters. The zero-order chi connectivity index (χ0) is 13.1. The van der Waals surface area contributed by atoms with Crippen LogP contribution in [0, 0.1) is 0 Å². The van der Waals surface area contributed by atoms with E-state index in [1.807, 2.05) is 0 Å². The Morgan fingerprint density at radius 2 is 2.05 bits per heavy atom. The van der Waals surface area contributed by atoms with Crippen molar-refractivity contribution in [3.05, 3.63) is 53.7 Å². The second kappa shape index (κ2) is 5.41. The van der Waals surface area contributed by atoms with E-state index in [2.05, 4.69) is 59.6 Å². The van der Waals surface area contributed by atoms with E-state index in [-0.39, 0.29) is 0 Å². The van der Waals surface area contributed by atoms with Crippen molar-refractivity contribution in [1.82, 2.24) is 10.3 Å². The molecule has 0 saturated carbocycles. The van der Waals surface area contributed by atoms with Crippen molar-refractivity contribution in [1.29, 1.82) is 0 Å². The van der Waals surface area contributed by atoms with Gasteiger partial charge in [-0.3, -0.25) is 0 Å². The van der Waals surface area contributed by atoms with Gasteiger partial charge >= 0.3 is 0 Å². The molecule has 1 aliphatic rings. The highest BCUT2D eigenvalue weighted by molar-refractivity contribution is 5.67. The molecule has 1 aromatic heterocycles. The maximum absolute atomic E-state index is 4.75. The number of anilines is 2. The molecule has 1 aliphatic heterocycles. The highest BCUT2D eigenvalue weighted by Crippen LogP contribution is 2.32. The van der Waals surface area contributed by atoms with Crippen LogP contribution < -0.4 is 10.2 Å². The number of rotatable bonds is 4. The van der Waals surface area contributed by atoms with Crippen molar-refractivity contribution in [2.75, 3.05) is 18.0 Å². The van der Waals surface area contributed by atoms with Gasteiger partial charge in [0.15, 0.2) is 0 Å². The Labute approximate surface area is 114 Å². The van der Waals surface area contributed by atoms with Crippen LogP contribution in [0.3, 0.4) is 0 Å². The molecular formula is C16H19N3. The van der Waals surface area contributed by atoms with Gasteiger partial charge in [-0.05, 0) is 36.7 Å². The monoisotopic (exact) mass is 253 g/mol. The summed E-state index contributed by atoms with van der Waals surface area (Å²) in [5.41, 5.74) is 3.82. The first kappa shape index (κ1) is 12.2. The zero-order valence-electron chi connectivity index (χ0n) is 11.3. The van der Waals surface area contributed by atoms with E-state index < -0.39 is 0 Å². The SMILES string of the molecule is CCNCc1cccc(N2CCc3ccccc32)n1. The molecule has 2 heterocycles. The molecule has 0 fully saturated rings. The Bertz CT molecular complexity index is 565. The topological polar surface area (TPSA) is 28.2 Å². The first-order valence-electron chi connectivity index (χ1n) is 6.90.